The van der Waals surface area contributed by atoms with Crippen LogP contribution in [0.2, 0.25) is 0 Å². The minimum Gasteiger partial charge on any atom is -0.353 e. The highest BCUT2D eigenvalue weighted by molar-refractivity contribution is 7.86. The number of amides is 3. The second-order valence-electron chi connectivity index (χ2n) is 6.05. The minimum absolute atomic E-state index is 0.0780. The highest BCUT2D eigenvalue weighted by atomic mass is 32.2. The molecule has 0 aliphatic carbocycles. The summed E-state index contributed by atoms with van der Waals surface area (Å²) in [6.07, 6.45) is 0. The summed E-state index contributed by atoms with van der Waals surface area (Å²) < 4.78 is 92.6. The zero-order chi connectivity index (χ0) is 24.6. The fourth-order valence-electron chi connectivity index (χ4n) is 1.96. The molecule has 0 rings (SSSR count). The Morgan fingerprint density at radius 2 is 1.10 bits per heavy atom. The molecular weight excluding hydrogens is 490 g/mol. The average Bonchev–Trinajstić information content (AvgIpc) is 2.54. The topological polar surface area (TPSA) is 302 Å². The van der Waals surface area contributed by atoms with Gasteiger partial charge in [0.05, 0.1) is 5.75 Å². The third kappa shape index (κ3) is 13.9. The van der Waals surface area contributed by atoms with Crippen molar-refractivity contribution >= 4 is 48.1 Å². The monoisotopic (exact) mass is 513 g/mol. The van der Waals surface area contributed by atoms with E-state index >= 15 is 0 Å². The van der Waals surface area contributed by atoms with Crippen molar-refractivity contribution in [2.24, 2.45) is 11.5 Å². The summed E-state index contributed by atoms with van der Waals surface area (Å²) >= 11 is 0. The van der Waals surface area contributed by atoms with Gasteiger partial charge in [0.25, 0.3) is 30.4 Å². The maximum atomic E-state index is 12.3. The first-order chi connectivity index (χ1) is 13.8. The molecule has 0 aromatic carbocycles. The number of hydrogen-bond donors (Lipinski definition) is 8. The Labute approximate surface area is 177 Å². The highest BCUT2D eigenvalue weighted by Gasteiger charge is 2.33. The molecular formula is C11H23N5O12S3. The van der Waals surface area contributed by atoms with E-state index in [-0.39, 0.29) is 13.1 Å². The first kappa shape index (κ1) is 29.1. The number of nitrogens with one attached hydrogen (secondary N) is 3. The van der Waals surface area contributed by atoms with E-state index in [2.05, 4.69) is 5.32 Å². The number of nitrogens with two attached hydrogens (primary N) is 2. The van der Waals surface area contributed by atoms with Crippen molar-refractivity contribution in [2.45, 2.75) is 18.1 Å². The zero-order valence-corrected chi connectivity index (χ0v) is 18.1. The van der Waals surface area contributed by atoms with E-state index in [9.17, 15) is 39.6 Å². The van der Waals surface area contributed by atoms with Gasteiger partial charge in [0.15, 0.2) is 0 Å². The van der Waals surface area contributed by atoms with Crippen molar-refractivity contribution in [2.75, 3.05) is 30.3 Å². The first-order valence-electron chi connectivity index (χ1n) is 8.04. The van der Waals surface area contributed by atoms with Crippen LogP contribution in [-0.4, -0.2) is 105 Å². The number of carbonyl (C=O) groups excluding carboxylic acids is 3. The van der Waals surface area contributed by atoms with Crippen LogP contribution in [-0.2, 0) is 44.7 Å². The lowest BCUT2D eigenvalue weighted by atomic mass is 10.2. The zero-order valence-electron chi connectivity index (χ0n) is 15.7. The molecule has 3 amide bonds. The van der Waals surface area contributed by atoms with Crippen LogP contribution in [0.3, 0.4) is 0 Å². The molecule has 182 valence electrons. The van der Waals surface area contributed by atoms with E-state index in [0.717, 1.165) is 0 Å². The van der Waals surface area contributed by atoms with Gasteiger partial charge in [-0.15, -0.1) is 0 Å². The van der Waals surface area contributed by atoms with Crippen LogP contribution in [0.1, 0.15) is 0 Å². The summed E-state index contributed by atoms with van der Waals surface area (Å²) in [5.41, 5.74) is 10.4. The quantitative estimate of drug-likeness (QED) is 0.106. The summed E-state index contributed by atoms with van der Waals surface area (Å²) in [6.45, 7) is -0.238. The largest absolute Gasteiger partial charge is 0.353 e. The molecule has 0 aliphatic heterocycles. The lowest BCUT2D eigenvalue weighted by Gasteiger charge is -2.22. The van der Waals surface area contributed by atoms with Gasteiger partial charge in [-0.05, 0) is 0 Å². The van der Waals surface area contributed by atoms with E-state index in [1.165, 1.54) is 0 Å². The molecule has 20 heteroatoms. The van der Waals surface area contributed by atoms with Crippen LogP contribution in [0.5, 0.6) is 0 Å². The molecule has 10 N–H and O–H groups in total. The van der Waals surface area contributed by atoms with Gasteiger partial charge >= 0.3 is 0 Å². The predicted octanol–water partition coefficient (Wildman–Crippen LogP) is -5.98. The van der Waals surface area contributed by atoms with E-state index < -0.39 is 83.5 Å². The molecule has 0 saturated heterocycles. The Morgan fingerprint density at radius 1 is 0.710 bits per heavy atom. The Morgan fingerprint density at radius 3 is 1.48 bits per heavy atom. The van der Waals surface area contributed by atoms with Crippen molar-refractivity contribution in [1.82, 2.24) is 16.0 Å². The molecule has 17 nitrogen and oxygen atoms in total. The highest BCUT2D eigenvalue weighted by Crippen LogP contribution is 1.99. The van der Waals surface area contributed by atoms with Crippen LogP contribution in [0.4, 0.5) is 0 Å². The fourth-order valence-corrected chi connectivity index (χ4v) is 3.88. The molecule has 0 aromatic rings. The molecule has 31 heavy (non-hydrogen) atoms. The van der Waals surface area contributed by atoms with E-state index in [1.807, 2.05) is 0 Å². The molecule has 0 radical (unpaired) electrons. The molecule has 0 aromatic heterocycles. The summed E-state index contributed by atoms with van der Waals surface area (Å²) in [6, 6.07) is -6.12. The minimum atomic E-state index is -4.95. The summed E-state index contributed by atoms with van der Waals surface area (Å²) in [7, 11) is -14.5. The second-order valence-corrected chi connectivity index (χ2v) is 10.5. The Balaban J connectivity index is 5.65. The lowest BCUT2D eigenvalue weighted by molar-refractivity contribution is -0.131. The first-order valence-corrected chi connectivity index (χ1v) is 12.9. The van der Waals surface area contributed by atoms with Gasteiger partial charge < -0.3 is 27.4 Å². The Kier molecular flexibility index (Phi) is 10.9. The van der Waals surface area contributed by atoms with E-state index in [1.54, 1.807) is 10.6 Å². The van der Waals surface area contributed by atoms with Crippen LogP contribution >= 0.6 is 0 Å². The summed E-state index contributed by atoms with van der Waals surface area (Å²) in [5, 5.41) is 5.57. The van der Waals surface area contributed by atoms with E-state index in [4.69, 9.17) is 25.1 Å². The van der Waals surface area contributed by atoms with Gasteiger partial charge in [-0.1, -0.05) is 0 Å². The van der Waals surface area contributed by atoms with Gasteiger partial charge in [-0.3, -0.25) is 28.0 Å². The SMILES string of the molecule is NCCNC(=O)C(CS(=O)(=O)O)NC(=O)C(CS(=O)(=O)O)NC(=O)C(N)CS(=O)(=O)O. The number of carbonyl (C=O) groups is 3. The van der Waals surface area contributed by atoms with Crippen molar-refractivity contribution in [3.05, 3.63) is 0 Å². The van der Waals surface area contributed by atoms with Crippen LogP contribution in [0.25, 0.3) is 0 Å². The summed E-state index contributed by atoms with van der Waals surface area (Å²) in [5.74, 6) is -8.22. The molecule has 3 unspecified atom stereocenters. The molecule has 0 bridgehead atoms. The number of rotatable bonds is 13. The third-order valence-corrected chi connectivity index (χ3v) is 5.48. The third-order valence-electron chi connectivity index (χ3n) is 3.19. The van der Waals surface area contributed by atoms with Crippen LogP contribution < -0.4 is 27.4 Å². The Hall–Kier alpha value is -1.94. The molecule has 0 heterocycles. The maximum Gasteiger partial charge on any atom is 0.267 e. The van der Waals surface area contributed by atoms with Crippen molar-refractivity contribution in [3.8, 4) is 0 Å². The van der Waals surface area contributed by atoms with Crippen molar-refractivity contribution < 1.29 is 53.3 Å². The molecule has 0 spiro atoms. The lowest BCUT2D eigenvalue weighted by Crippen LogP contribution is -2.59. The van der Waals surface area contributed by atoms with Gasteiger partial charge in [-0.25, -0.2) is 0 Å². The van der Waals surface area contributed by atoms with Crippen LogP contribution in [0, 0.1) is 0 Å². The molecule has 0 saturated carbocycles. The maximum absolute atomic E-state index is 12.3. The predicted molar refractivity (Wildman–Crippen MR) is 103 cm³/mol. The van der Waals surface area contributed by atoms with Gasteiger partial charge in [0.2, 0.25) is 17.7 Å². The summed E-state index contributed by atoms with van der Waals surface area (Å²) in [4.78, 5) is 36.2. The standard InChI is InChI=1S/C11H23N5O12S3/c12-1-2-14-10(18)7(4-30(23,24)25)16-11(19)8(5-31(26,27)28)15-9(17)6(13)3-29(20,21)22/h6-8H,1-5,12-13H2,(H,14,18)(H,15,17)(H,16,19)(H,20,21,22)(H,23,24,25)(H,26,27,28). The normalized spacial score (nSPS) is 15.4. The van der Waals surface area contributed by atoms with Gasteiger partial charge in [-0.2, -0.15) is 25.3 Å². The second kappa shape index (κ2) is 11.6. The van der Waals surface area contributed by atoms with E-state index in [0.29, 0.717) is 0 Å². The number of hydrogen-bond acceptors (Lipinski definition) is 11. The molecule has 0 fully saturated rings. The fraction of sp³-hybridized carbons (Fsp3) is 0.727. The Bertz CT molecular complexity index is 978. The average molecular weight is 514 g/mol. The van der Waals surface area contributed by atoms with Crippen molar-refractivity contribution in [3.63, 3.8) is 0 Å². The molecule has 3 atom stereocenters. The molecule has 0 aliphatic rings. The smallest absolute Gasteiger partial charge is 0.267 e. The van der Waals surface area contributed by atoms with Crippen molar-refractivity contribution in [1.29, 1.82) is 0 Å². The van der Waals surface area contributed by atoms with Gasteiger partial charge in [0, 0.05) is 13.1 Å². The van der Waals surface area contributed by atoms with Crippen LogP contribution in [0.15, 0.2) is 0 Å². The van der Waals surface area contributed by atoms with Gasteiger partial charge in [0.1, 0.15) is 29.6 Å².